The predicted molar refractivity (Wildman–Crippen MR) is 92.6 cm³/mol. The number of likely N-dealkylation sites (tertiary alicyclic amines) is 1. The standard InChI is InChI=1S/C18H23N3O2/c1-12(2)10-21-11-13(18(23)20-8-3-4-9-20)17(22)16-14(19)6-5-7-15(16)21/h5-7,11-12H,3-4,8-10,19H2,1-2H3. The normalized spacial score (nSPS) is 14.8. The number of hydrogen-bond acceptors (Lipinski definition) is 3. The lowest BCUT2D eigenvalue weighted by molar-refractivity contribution is 0.0791. The third-order valence-corrected chi connectivity index (χ3v) is 4.33. The Balaban J connectivity index is 2.21. The average Bonchev–Trinajstić information content (AvgIpc) is 3.03. The van der Waals surface area contributed by atoms with Gasteiger partial charge in [0.25, 0.3) is 5.91 Å². The third kappa shape index (κ3) is 2.83. The molecule has 2 aromatic rings. The van der Waals surface area contributed by atoms with Crippen LogP contribution in [0, 0.1) is 5.92 Å². The fraction of sp³-hybridized carbons (Fsp3) is 0.444. The van der Waals surface area contributed by atoms with Gasteiger partial charge in [-0.1, -0.05) is 19.9 Å². The Hall–Kier alpha value is -2.30. The van der Waals surface area contributed by atoms with E-state index in [0.717, 1.165) is 38.0 Å². The molecule has 5 heteroatoms. The second-order valence-corrected chi connectivity index (χ2v) is 6.66. The van der Waals surface area contributed by atoms with Gasteiger partial charge in [0.2, 0.25) is 5.43 Å². The van der Waals surface area contributed by atoms with Gasteiger partial charge < -0.3 is 15.2 Å². The highest BCUT2D eigenvalue weighted by molar-refractivity contribution is 6.00. The van der Waals surface area contributed by atoms with Crippen LogP contribution in [0.15, 0.2) is 29.2 Å². The van der Waals surface area contributed by atoms with E-state index in [1.807, 2.05) is 16.7 Å². The van der Waals surface area contributed by atoms with Gasteiger partial charge in [-0.2, -0.15) is 0 Å². The number of hydrogen-bond donors (Lipinski definition) is 1. The Morgan fingerprint density at radius 3 is 2.61 bits per heavy atom. The molecule has 0 aliphatic carbocycles. The molecule has 1 saturated heterocycles. The first-order valence-corrected chi connectivity index (χ1v) is 8.20. The van der Waals surface area contributed by atoms with Gasteiger partial charge in [-0.3, -0.25) is 9.59 Å². The number of benzene rings is 1. The maximum atomic E-state index is 12.8. The minimum atomic E-state index is -0.255. The van der Waals surface area contributed by atoms with Crippen molar-refractivity contribution in [3.63, 3.8) is 0 Å². The van der Waals surface area contributed by atoms with Gasteiger partial charge in [0.05, 0.1) is 10.9 Å². The van der Waals surface area contributed by atoms with Crippen LogP contribution in [0.3, 0.4) is 0 Å². The zero-order valence-electron chi connectivity index (χ0n) is 13.7. The van der Waals surface area contributed by atoms with E-state index in [1.54, 1.807) is 17.2 Å². The van der Waals surface area contributed by atoms with Crippen molar-refractivity contribution >= 4 is 22.5 Å². The lowest BCUT2D eigenvalue weighted by Gasteiger charge is -2.19. The maximum Gasteiger partial charge on any atom is 0.259 e. The molecule has 0 saturated carbocycles. The highest BCUT2D eigenvalue weighted by atomic mass is 16.2. The van der Waals surface area contributed by atoms with E-state index in [1.165, 1.54) is 0 Å². The smallest absolute Gasteiger partial charge is 0.259 e. The van der Waals surface area contributed by atoms with E-state index in [0.29, 0.717) is 17.0 Å². The summed E-state index contributed by atoms with van der Waals surface area (Å²) in [7, 11) is 0. The Bertz CT molecular complexity index is 802. The van der Waals surface area contributed by atoms with Crippen molar-refractivity contribution in [1.82, 2.24) is 9.47 Å². The van der Waals surface area contributed by atoms with Gasteiger partial charge >= 0.3 is 0 Å². The molecule has 2 N–H and O–H groups in total. The molecule has 0 unspecified atom stereocenters. The van der Waals surface area contributed by atoms with Crippen LogP contribution in [-0.4, -0.2) is 28.5 Å². The summed E-state index contributed by atoms with van der Waals surface area (Å²) in [4.78, 5) is 27.3. The van der Waals surface area contributed by atoms with Gasteiger partial charge in [-0.25, -0.2) is 0 Å². The Morgan fingerprint density at radius 2 is 1.96 bits per heavy atom. The molecule has 3 rings (SSSR count). The molecular formula is C18H23N3O2. The largest absolute Gasteiger partial charge is 0.398 e. The molecule has 2 heterocycles. The molecule has 1 fully saturated rings. The van der Waals surface area contributed by atoms with Crippen LogP contribution in [0.5, 0.6) is 0 Å². The third-order valence-electron chi connectivity index (χ3n) is 4.33. The van der Waals surface area contributed by atoms with Crippen LogP contribution in [0.4, 0.5) is 5.69 Å². The number of rotatable bonds is 3. The number of nitrogens with two attached hydrogens (primary N) is 1. The van der Waals surface area contributed by atoms with Crippen molar-refractivity contribution in [1.29, 1.82) is 0 Å². The van der Waals surface area contributed by atoms with Crippen LogP contribution in [0.1, 0.15) is 37.0 Å². The quantitative estimate of drug-likeness (QED) is 0.885. The predicted octanol–water partition coefficient (Wildman–Crippen LogP) is 2.48. The summed E-state index contributed by atoms with van der Waals surface area (Å²) in [6.07, 6.45) is 3.72. The molecule has 0 bridgehead atoms. The van der Waals surface area contributed by atoms with Gasteiger partial charge in [-0.15, -0.1) is 0 Å². The molecule has 0 radical (unpaired) electrons. The second-order valence-electron chi connectivity index (χ2n) is 6.66. The first kappa shape index (κ1) is 15.6. The summed E-state index contributed by atoms with van der Waals surface area (Å²) in [5.41, 5.74) is 7.25. The lowest BCUT2D eigenvalue weighted by atomic mass is 10.1. The van der Waals surface area contributed by atoms with E-state index >= 15 is 0 Å². The second kappa shape index (κ2) is 6.07. The lowest BCUT2D eigenvalue weighted by Crippen LogP contribution is -2.33. The van der Waals surface area contributed by atoms with Crippen molar-refractivity contribution in [3.8, 4) is 0 Å². The fourth-order valence-electron chi connectivity index (χ4n) is 3.25. The van der Waals surface area contributed by atoms with E-state index in [9.17, 15) is 9.59 Å². The number of nitrogens with zero attached hydrogens (tertiary/aromatic N) is 2. The van der Waals surface area contributed by atoms with Crippen molar-refractivity contribution < 1.29 is 4.79 Å². The Morgan fingerprint density at radius 1 is 1.26 bits per heavy atom. The highest BCUT2D eigenvalue weighted by Crippen LogP contribution is 2.21. The SMILES string of the molecule is CC(C)Cn1cc(C(=O)N2CCCC2)c(=O)c2c(N)cccc21. The van der Waals surface area contributed by atoms with Crippen LogP contribution in [-0.2, 0) is 6.54 Å². The first-order chi connectivity index (χ1) is 11.0. The monoisotopic (exact) mass is 313 g/mol. The van der Waals surface area contributed by atoms with Crippen molar-refractivity contribution in [2.45, 2.75) is 33.2 Å². The average molecular weight is 313 g/mol. The minimum absolute atomic E-state index is 0.171. The molecule has 1 aliphatic heterocycles. The van der Waals surface area contributed by atoms with Crippen molar-refractivity contribution in [2.75, 3.05) is 18.8 Å². The van der Waals surface area contributed by atoms with E-state index in [2.05, 4.69) is 13.8 Å². The highest BCUT2D eigenvalue weighted by Gasteiger charge is 2.24. The number of fused-ring (bicyclic) bond motifs is 1. The van der Waals surface area contributed by atoms with Gasteiger partial charge in [0, 0.05) is 31.5 Å². The summed E-state index contributed by atoms with van der Waals surface area (Å²) < 4.78 is 1.99. The molecule has 122 valence electrons. The van der Waals surface area contributed by atoms with E-state index in [-0.39, 0.29) is 16.9 Å². The Kier molecular flexibility index (Phi) is 4.11. The molecule has 5 nitrogen and oxygen atoms in total. The summed E-state index contributed by atoms with van der Waals surface area (Å²) in [6, 6.07) is 5.45. The maximum absolute atomic E-state index is 12.8. The summed E-state index contributed by atoms with van der Waals surface area (Å²) in [5.74, 6) is 0.229. The first-order valence-electron chi connectivity index (χ1n) is 8.20. The van der Waals surface area contributed by atoms with E-state index < -0.39 is 0 Å². The van der Waals surface area contributed by atoms with Crippen LogP contribution >= 0.6 is 0 Å². The molecule has 1 aromatic carbocycles. The van der Waals surface area contributed by atoms with Crippen molar-refractivity contribution in [2.24, 2.45) is 5.92 Å². The van der Waals surface area contributed by atoms with Crippen LogP contribution in [0.25, 0.3) is 10.9 Å². The molecule has 1 aromatic heterocycles. The molecular weight excluding hydrogens is 290 g/mol. The van der Waals surface area contributed by atoms with Gasteiger partial charge in [-0.05, 0) is 30.9 Å². The van der Waals surface area contributed by atoms with Crippen LogP contribution in [0.2, 0.25) is 0 Å². The molecule has 23 heavy (non-hydrogen) atoms. The number of pyridine rings is 1. The zero-order chi connectivity index (χ0) is 16.6. The number of anilines is 1. The van der Waals surface area contributed by atoms with Crippen molar-refractivity contribution in [3.05, 3.63) is 40.2 Å². The summed E-state index contributed by atoms with van der Waals surface area (Å²) >= 11 is 0. The molecule has 0 spiro atoms. The number of carbonyl (C=O) groups excluding carboxylic acids is 1. The molecule has 1 aliphatic rings. The minimum Gasteiger partial charge on any atom is -0.398 e. The Labute approximate surface area is 135 Å². The molecule has 0 atom stereocenters. The van der Waals surface area contributed by atoms with Gasteiger partial charge in [0.1, 0.15) is 5.56 Å². The number of carbonyl (C=O) groups is 1. The fourth-order valence-corrected chi connectivity index (χ4v) is 3.25. The molecule has 1 amide bonds. The van der Waals surface area contributed by atoms with Gasteiger partial charge in [0.15, 0.2) is 0 Å². The topological polar surface area (TPSA) is 68.3 Å². The number of aromatic nitrogens is 1. The summed E-state index contributed by atoms with van der Waals surface area (Å²) in [6.45, 7) is 6.41. The van der Waals surface area contributed by atoms with Crippen LogP contribution < -0.4 is 11.2 Å². The summed E-state index contributed by atoms with van der Waals surface area (Å²) in [5, 5.41) is 0.457. The zero-order valence-corrected chi connectivity index (χ0v) is 13.7. The number of amides is 1. The number of nitrogen functional groups attached to an aromatic ring is 1. The van der Waals surface area contributed by atoms with E-state index in [4.69, 9.17) is 5.73 Å².